The summed E-state index contributed by atoms with van der Waals surface area (Å²) in [7, 11) is 0. The van der Waals surface area contributed by atoms with Crippen LogP contribution in [-0.2, 0) is 4.79 Å². The third-order valence-corrected chi connectivity index (χ3v) is 4.06. The van der Waals surface area contributed by atoms with E-state index in [1.165, 1.54) is 51.4 Å². The average molecular weight is 363 g/mol. The molecular weight excluding hydrogens is 326 g/mol. The zero-order chi connectivity index (χ0) is 15.8. The number of carbonyl (C=O) groups is 1. The van der Waals surface area contributed by atoms with Crippen molar-refractivity contribution in [2.75, 3.05) is 0 Å². The first-order valence-electron chi connectivity index (χ1n) is 9.04. The van der Waals surface area contributed by atoms with Crippen LogP contribution in [0.5, 0.6) is 0 Å². The molecule has 1 atom stereocenters. The van der Waals surface area contributed by atoms with Crippen molar-refractivity contribution in [3.63, 3.8) is 0 Å². The predicted octanol–water partition coefficient (Wildman–Crippen LogP) is 0.324. The van der Waals surface area contributed by atoms with Gasteiger partial charge in [0.2, 0.25) is 0 Å². The molecule has 0 fully saturated rings. The first-order chi connectivity index (χ1) is 10.2. The van der Waals surface area contributed by atoms with Crippen LogP contribution in [0.2, 0.25) is 0 Å². The van der Waals surface area contributed by atoms with E-state index in [1.807, 2.05) is 0 Å². The van der Waals surface area contributed by atoms with E-state index in [-0.39, 0.29) is 93.5 Å². The van der Waals surface area contributed by atoms with E-state index in [4.69, 9.17) is 0 Å². The molecule has 0 amide bonds. The van der Waals surface area contributed by atoms with Crippen LogP contribution in [0.15, 0.2) is 0 Å². The van der Waals surface area contributed by atoms with Crippen molar-refractivity contribution in [1.82, 2.24) is 0 Å². The van der Waals surface area contributed by atoms with Crippen LogP contribution in [0.25, 0.3) is 0 Å². The van der Waals surface area contributed by atoms with Crippen LogP contribution < -0.4 is 56.5 Å². The van der Waals surface area contributed by atoms with Crippen molar-refractivity contribution in [3.05, 3.63) is 0 Å². The van der Waals surface area contributed by atoms with Gasteiger partial charge in [0, 0.05) is 5.97 Å². The standard InChI is InChI=1S/C18H36O3.K.Na.H/c1-2-3-4-11-14-17(19)15-12-9-7-5-6-8-10-13-16-18(20)21;;;/h17,19H,2-16H2,1H3,(H,20,21);;;/q;+1;;/p-1. The van der Waals surface area contributed by atoms with Crippen molar-refractivity contribution < 1.29 is 66.4 Å². The zero-order valence-corrected chi connectivity index (χ0v) is 18.1. The van der Waals surface area contributed by atoms with E-state index in [0.29, 0.717) is 0 Å². The van der Waals surface area contributed by atoms with Gasteiger partial charge >= 0.3 is 80.9 Å². The van der Waals surface area contributed by atoms with Gasteiger partial charge in [-0.2, -0.15) is 0 Å². The summed E-state index contributed by atoms with van der Waals surface area (Å²) in [6.07, 6.45) is 15.9. The molecule has 0 saturated carbocycles. The first kappa shape index (κ1) is 29.8. The number of carboxylic acids is 1. The topological polar surface area (TPSA) is 60.4 Å². The van der Waals surface area contributed by atoms with E-state index >= 15 is 0 Å². The molecule has 0 saturated heterocycles. The molecule has 0 rings (SSSR count). The summed E-state index contributed by atoms with van der Waals surface area (Å²) in [5.74, 6) is -0.928. The van der Waals surface area contributed by atoms with E-state index in [9.17, 15) is 15.0 Å². The first-order valence-corrected chi connectivity index (χ1v) is 9.04. The van der Waals surface area contributed by atoms with E-state index < -0.39 is 5.97 Å². The Balaban J connectivity index is -0.00000200. The van der Waals surface area contributed by atoms with Crippen molar-refractivity contribution >= 4 is 35.5 Å². The summed E-state index contributed by atoms with van der Waals surface area (Å²) in [5.41, 5.74) is 0. The van der Waals surface area contributed by atoms with Gasteiger partial charge in [0.05, 0.1) is 6.10 Å². The molecule has 0 aliphatic heterocycles. The SMILES string of the molecule is CCCCCCC(O)CCCCCCCCCCC(=O)[O-].[K+].[NaH]. The molecule has 1 unspecified atom stereocenters. The molecule has 0 aliphatic rings. The van der Waals surface area contributed by atoms with Gasteiger partial charge in [-0.1, -0.05) is 77.6 Å². The van der Waals surface area contributed by atoms with Crippen LogP contribution in [0.4, 0.5) is 0 Å². The molecule has 0 aromatic heterocycles. The minimum absolute atomic E-state index is 0. The third kappa shape index (κ3) is 26.4. The van der Waals surface area contributed by atoms with Crippen molar-refractivity contribution in [2.45, 2.75) is 109 Å². The number of hydrogen-bond donors (Lipinski definition) is 1. The number of carbonyl (C=O) groups excluding carboxylic acids is 1. The summed E-state index contributed by atoms with van der Waals surface area (Å²) in [6.45, 7) is 2.21. The fraction of sp³-hybridized carbons (Fsp3) is 0.944. The van der Waals surface area contributed by atoms with Gasteiger partial charge in [-0.25, -0.2) is 0 Å². The Hall–Kier alpha value is 2.07. The number of unbranched alkanes of at least 4 members (excludes halogenated alkanes) is 10. The van der Waals surface area contributed by atoms with Crippen molar-refractivity contribution in [3.8, 4) is 0 Å². The molecule has 128 valence electrons. The molecule has 5 heteroatoms. The van der Waals surface area contributed by atoms with Gasteiger partial charge in [0.15, 0.2) is 0 Å². The number of aliphatic hydroxyl groups is 1. The van der Waals surface area contributed by atoms with Crippen molar-refractivity contribution in [2.24, 2.45) is 0 Å². The molecule has 0 spiro atoms. The van der Waals surface area contributed by atoms with Crippen LogP contribution in [0.1, 0.15) is 103 Å². The average Bonchev–Trinajstić information content (AvgIpc) is 2.45. The summed E-state index contributed by atoms with van der Waals surface area (Å²) in [4.78, 5) is 10.2. The Morgan fingerprint density at radius 2 is 1.22 bits per heavy atom. The monoisotopic (exact) mass is 362 g/mol. The molecule has 0 radical (unpaired) electrons. The molecule has 23 heavy (non-hydrogen) atoms. The van der Waals surface area contributed by atoms with Crippen LogP contribution >= 0.6 is 0 Å². The molecule has 1 N–H and O–H groups in total. The minimum atomic E-state index is -0.928. The Bertz CT molecular complexity index is 240. The van der Waals surface area contributed by atoms with Gasteiger partial charge < -0.3 is 15.0 Å². The number of hydrogen-bond acceptors (Lipinski definition) is 3. The quantitative estimate of drug-likeness (QED) is 0.318. The Kier molecular flexibility index (Phi) is 31.2. The second-order valence-electron chi connectivity index (χ2n) is 6.24. The normalized spacial score (nSPS) is 11.4. The van der Waals surface area contributed by atoms with Gasteiger partial charge in [-0.15, -0.1) is 0 Å². The number of rotatable bonds is 16. The van der Waals surface area contributed by atoms with E-state index in [2.05, 4.69) is 6.92 Å². The summed E-state index contributed by atoms with van der Waals surface area (Å²) in [5, 5.41) is 20.1. The van der Waals surface area contributed by atoms with Crippen LogP contribution in [-0.4, -0.2) is 46.7 Å². The van der Waals surface area contributed by atoms with E-state index in [1.54, 1.807) is 0 Å². The van der Waals surface area contributed by atoms with Crippen molar-refractivity contribution in [1.29, 1.82) is 0 Å². The number of carboxylic acid groups (broad SMARTS) is 1. The van der Waals surface area contributed by atoms with Gasteiger partial charge in [-0.3, -0.25) is 0 Å². The summed E-state index contributed by atoms with van der Waals surface area (Å²) in [6, 6.07) is 0. The molecule has 0 aromatic carbocycles. The van der Waals surface area contributed by atoms with Crippen LogP contribution in [0, 0.1) is 0 Å². The number of aliphatic hydroxyl groups excluding tert-OH is 1. The second-order valence-corrected chi connectivity index (χ2v) is 6.24. The third-order valence-electron chi connectivity index (χ3n) is 4.06. The Labute approximate surface area is 208 Å². The zero-order valence-electron chi connectivity index (χ0n) is 14.9. The molecule has 0 aliphatic carbocycles. The molecule has 0 aromatic rings. The molecule has 3 nitrogen and oxygen atoms in total. The Morgan fingerprint density at radius 1 is 0.826 bits per heavy atom. The maximum atomic E-state index is 10.2. The fourth-order valence-electron chi connectivity index (χ4n) is 2.66. The second kappa shape index (κ2) is 24.1. The van der Waals surface area contributed by atoms with E-state index in [0.717, 1.165) is 38.5 Å². The van der Waals surface area contributed by atoms with Gasteiger partial charge in [0.1, 0.15) is 0 Å². The van der Waals surface area contributed by atoms with Gasteiger partial charge in [-0.05, 0) is 25.7 Å². The van der Waals surface area contributed by atoms with Gasteiger partial charge in [0.25, 0.3) is 0 Å². The predicted molar refractivity (Wildman–Crippen MR) is 93.1 cm³/mol. The maximum absolute atomic E-state index is 10.2. The molecule has 0 heterocycles. The Morgan fingerprint density at radius 3 is 1.65 bits per heavy atom. The fourth-order valence-corrected chi connectivity index (χ4v) is 2.66. The molecule has 0 bridgehead atoms. The number of aliphatic carboxylic acids is 1. The summed E-state index contributed by atoms with van der Waals surface area (Å²) < 4.78 is 0. The summed E-state index contributed by atoms with van der Waals surface area (Å²) >= 11 is 0. The van der Waals surface area contributed by atoms with Crippen LogP contribution in [0.3, 0.4) is 0 Å². The molecular formula is C18H36KNaO3.